The number of aliphatic hydroxyl groups excluding tert-OH is 1. The Morgan fingerprint density at radius 1 is 1.20 bits per heavy atom. The number of hydrogen-bond acceptors (Lipinski definition) is 3. The van der Waals surface area contributed by atoms with Crippen molar-refractivity contribution in [3.63, 3.8) is 0 Å². The van der Waals surface area contributed by atoms with E-state index in [-0.39, 0.29) is 11.9 Å². The summed E-state index contributed by atoms with van der Waals surface area (Å²) < 4.78 is 24.5. The molecule has 3 nitrogen and oxygen atoms in total. The highest BCUT2D eigenvalue weighted by Crippen LogP contribution is 2.42. The summed E-state index contributed by atoms with van der Waals surface area (Å²) in [6, 6.07) is 11.7. The zero-order chi connectivity index (χ0) is 14.1. The fourth-order valence-corrected chi connectivity index (χ4v) is 2.54. The van der Waals surface area contributed by atoms with Gasteiger partial charge in [-0.05, 0) is 18.2 Å². The lowest BCUT2D eigenvalue weighted by Crippen LogP contribution is -2.19. The third-order valence-electron chi connectivity index (χ3n) is 3.53. The predicted molar refractivity (Wildman–Crippen MR) is 72.3 cm³/mol. The van der Waals surface area contributed by atoms with Crippen LogP contribution in [0.4, 0.5) is 4.39 Å². The molecule has 2 aromatic carbocycles. The summed E-state index contributed by atoms with van der Waals surface area (Å²) in [6.07, 6.45) is -0.608. The van der Waals surface area contributed by atoms with Crippen molar-refractivity contribution in [2.45, 2.75) is 18.6 Å². The number of halogens is 1. The van der Waals surface area contributed by atoms with Crippen LogP contribution in [0.15, 0.2) is 42.5 Å². The standard InChI is InChI=1S/C16H15FO3/c1-19-14-5-3-2-4-12(14)16-9-13(18)11-7-6-10(17)8-15(11)20-16/h2-8,13,16,18H,9H2,1H3. The van der Waals surface area contributed by atoms with Crippen molar-refractivity contribution >= 4 is 0 Å². The van der Waals surface area contributed by atoms with Crippen LogP contribution in [0.1, 0.15) is 29.8 Å². The minimum atomic E-state index is -0.672. The monoisotopic (exact) mass is 274 g/mol. The first-order chi connectivity index (χ1) is 9.69. The second-order valence-corrected chi connectivity index (χ2v) is 4.78. The average molecular weight is 274 g/mol. The van der Waals surface area contributed by atoms with Crippen molar-refractivity contribution in [2.24, 2.45) is 0 Å². The van der Waals surface area contributed by atoms with Crippen molar-refractivity contribution in [1.82, 2.24) is 0 Å². The summed E-state index contributed by atoms with van der Waals surface area (Å²) in [6.45, 7) is 0. The van der Waals surface area contributed by atoms with E-state index in [0.717, 1.165) is 5.56 Å². The van der Waals surface area contributed by atoms with Gasteiger partial charge in [-0.1, -0.05) is 18.2 Å². The molecule has 1 heterocycles. The summed E-state index contributed by atoms with van der Waals surface area (Å²) in [5.74, 6) is 0.709. The summed E-state index contributed by atoms with van der Waals surface area (Å²) in [7, 11) is 1.59. The molecule has 0 bridgehead atoms. The second-order valence-electron chi connectivity index (χ2n) is 4.78. The van der Waals surface area contributed by atoms with Crippen LogP contribution in [-0.4, -0.2) is 12.2 Å². The molecule has 2 unspecified atom stereocenters. The Labute approximate surface area is 116 Å². The molecule has 0 radical (unpaired) electrons. The van der Waals surface area contributed by atoms with Crippen LogP contribution in [0.25, 0.3) is 0 Å². The Hall–Kier alpha value is -2.07. The lowest BCUT2D eigenvalue weighted by atomic mass is 9.94. The van der Waals surface area contributed by atoms with Crippen molar-refractivity contribution in [1.29, 1.82) is 0 Å². The Bertz CT molecular complexity index is 627. The van der Waals surface area contributed by atoms with E-state index in [0.29, 0.717) is 23.5 Å². The number of rotatable bonds is 2. The van der Waals surface area contributed by atoms with Crippen LogP contribution in [-0.2, 0) is 0 Å². The van der Waals surface area contributed by atoms with Gasteiger partial charge in [-0.25, -0.2) is 4.39 Å². The van der Waals surface area contributed by atoms with E-state index >= 15 is 0 Å². The molecule has 0 spiro atoms. The highest BCUT2D eigenvalue weighted by atomic mass is 19.1. The van der Waals surface area contributed by atoms with Crippen LogP contribution < -0.4 is 9.47 Å². The molecule has 0 amide bonds. The maximum Gasteiger partial charge on any atom is 0.130 e. The third-order valence-corrected chi connectivity index (χ3v) is 3.53. The van der Waals surface area contributed by atoms with E-state index in [1.807, 2.05) is 24.3 Å². The number of aliphatic hydroxyl groups is 1. The highest BCUT2D eigenvalue weighted by molar-refractivity contribution is 5.41. The van der Waals surface area contributed by atoms with Gasteiger partial charge in [0.1, 0.15) is 23.4 Å². The number of para-hydroxylation sites is 1. The van der Waals surface area contributed by atoms with Gasteiger partial charge in [0.2, 0.25) is 0 Å². The Morgan fingerprint density at radius 2 is 2.00 bits per heavy atom. The van der Waals surface area contributed by atoms with Gasteiger partial charge in [-0.3, -0.25) is 0 Å². The first kappa shape index (κ1) is 12.9. The fraction of sp³-hybridized carbons (Fsp3) is 0.250. The normalized spacial score (nSPS) is 20.9. The molecule has 2 atom stereocenters. The van der Waals surface area contributed by atoms with Crippen LogP contribution >= 0.6 is 0 Å². The smallest absolute Gasteiger partial charge is 0.130 e. The summed E-state index contributed by atoms with van der Waals surface area (Å²) in [5, 5.41) is 10.2. The maximum atomic E-state index is 13.3. The highest BCUT2D eigenvalue weighted by Gasteiger charge is 2.29. The number of hydrogen-bond donors (Lipinski definition) is 1. The number of methoxy groups -OCH3 is 1. The fourth-order valence-electron chi connectivity index (χ4n) is 2.54. The van der Waals surface area contributed by atoms with Crippen LogP contribution in [0.5, 0.6) is 11.5 Å². The van der Waals surface area contributed by atoms with Crippen LogP contribution in [0.3, 0.4) is 0 Å². The van der Waals surface area contributed by atoms with Gasteiger partial charge < -0.3 is 14.6 Å². The number of fused-ring (bicyclic) bond motifs is 1. The lowest BCUT2D eigenvalue weighted by molar-refractivity contribution is 0.0641. The van der Waals surface area contributed by atoms with Gasteiger partial charge in [0.05, 0.1) is 13.2 Å². The minimum Gasteiger partial charge on any atom is -0.496 e. The Balaban J connectivity index is 1.98. The molecular weight excluding hydrogens is 259 g/mol. The van der Waals surface area contributed by atoms with Gasteiger partial charge in [0.15, 0.2) is 0 Å². The molecule has 1 aliphatic rings. The average Bonchev–Trinajstić information content (AvgIpc) is 2.46. The lowest BCUT2D eigenvalue weighted by Gasteiger charge is -2.30. The van der Waals surface area contributed by atoms with E-state index in [1.54, 1.807) is 13.2 Å². The zero-order valence-corrected chi connectivity index (χ0v) is 11.0. The minimum absolute atomic E-state index is 0.351. The number of benzene rings is 2. The molecule has 0 saturated carbocycles. The van der Waals surface area contributed by atoms with Crippen LogP contribution in [0, 0.1) is 5.82 Å². The van der Waals surface area contributed by atoms with Gasteiger partial charge in [0, 0.05) is 23.6 Å². The van der Waals surface area contributed by atoms with E-state index in [2.05, 4.69) is 0 Å². The first-order valence-electron chi connectivity index (χ1n) is 6.46. The maximum absolute atomic E-state index is 13.3. The van der Waals surface area contributed by atoms with Gasteiger partial charge in [0.25, 0.3) is 0 Å². The molecule has 104 valence electrons. The molecule has 2 aromatic rings. The topological polar surface area (TPSA) is 38.7 Å². The molecule has 0 aliphatic carbocycles. The predicted octanol–water partition coefficient (Wildman–Crippen LogP) is 3.39. The Morgan fingerprint density at radius 3 is 2.80 bits per heavy atom. The molecule has 0 saturated heterocycles. The molecule has 4 heteroatoms. The van der Waals surface area contributed by atoms with Crippen molar-refractivity contribution in [3.8, 4) is 11.5 Å². The summed E-state index contributed by atoms with van der Waals surface area (Å²) in [4.78, 5) is 0. The number of ether oxygens (including phenoxy) is 2. The van der Waals surface area contributed by atoms with Gasteiger partial charge in [-0.2, -0.15) is 0 Å². The first-order valence-corrected chi connectivity index (χ1v) is 6.46. The van der Waals surface area contributed by atoms with Crippen molar-refractivity contribution in [3.05, 3.63) is 59.4 Å². The molecule has 3 rings (SSSR count). The molecule has 0 aromatic heterocycles. The van der Waals surface area contributed by atoms with Crippen molar-refractivity contribution in [2.75, 3.05) is 7.11 Å². The van der Waals surface area contributed by atoms with Crippen LogP contribution in [0.2, 0.25) is 0 Å². The zero-order valence-electron chi connectivity index (χ0n) is 11.0. The molecule has 20 heavy (non-hydrogen) atoms. The quantitative estimate of drug-likeness (QED) is 0.912. The molecule has 1 aliphatic heterocycles. The SMILES string of the molecule is COc1ccccc1C1CC(O)c2ccc(F)cc2O1. The largest absolute Gasteiger partial charge is 0.496 e. The Kier molecular flexibility index (Phi) is 3.32. The molecule has 1 N–H and O–H groups in total. The molecule has 0 fully saturated rings. The van der Waals surface area contributed by atoms with Crippen molar-refractivity contribution < 1.29 is 19.0 Å². The van der Waals surface area contributed by atoms with E-state index in [9.17, 15) is 9.50 Å². The third kappa shape index (κ3) is 2.23. The second kappa shape index (κ2) is 5.13. The van der Waals surface area contributed by atoms with E-state index in [4.69, 9.17) is 9.47 Å². The summed E-state index contributed by atoms with van der Waals surface area (Å²) >= 11 is 0. The van der Waals surface area contributed by atoms with E-state index < -0.39 is 6.10 Å². The van der Waals surface area contributed by atoms with Gasteiger partial charge in [-0.15, -0.1) is 0 Å². The van der Waals surface area contributed by atoms with Gasteiger partial charge >= 0.3 is 0 Å². The summed E-state index contributed by atoms with van der Waals surface area (Å²) in [5.41, 5.74) is 1.47. The molecular formula is C16H15FO3. The van der Waals surface area contributed by atoms with E-state index in [1.165, 1.54) is 12.1 Å².